The molecule has 2 aromatic heterocycles. The number of esters is 2. The fourth-order valence-electron chi connectivity index (χ4n) is 11.4. The third kappa shape index (κ3) is 13.0. The summed E-state index contributed by atoms with van der Waals surface area (Å²) in [5.41, 5.74) is 5.93. The van der Waals surface area contributed by atoms with E-state index in [1.165, 1.54) is 43.0 Å². The first kappa shape index (κ1) is 59.8. The van der Waals surface area contributed by atoms with Crippen molar-refractivity contribution in [1.82, 2.24) is 40.2 Å². The maximum atomic E-state index is 14.3. The monoisotopic (exact) mass is 1240 g/mol. The Kier molecular flexibility index (Phi) is 18.4. The average Bonchev–Trinajstić information content (AvgIpc) is 2.58. The second kappa shape index (κ2) is 26.8. The van der Waals surface area contributed by atoms with Gasteiger partial charge in [-0.3, -0.25) is 39.2 Å². The van der Waals surface area contributed by atoms with Crippen LogP contribution in [-0.4, -0.2) is 170 Å². The van der Waals surface area contributed by atoms with Crippen LogP contribution in [0.4, 0.5) is 29.7 Å². The summed E-state index contributed by atoms with van der Waals surface area (Å²) < 4.78 is 48.1. The SMILES string of the molecule is COC(=O)C1=C(CN2CCN3C(=O)N(c4ccc(COC=O)cc4)C[C@@H]3C2)NC(c2nccs2)=N[C@H]1c1ccc(F)c(F)c1.COC(=O)C1=C(CN2CCN3C(=O)N(c4ccc(COC=O)cc4)C[C@@H]3C2)NC(c2nccs2)=N[C@H]1c1ccccc1Cl. The molecular formula is C60H57ClF2N12O10S2. The zero-order chi connectivity index (χ0) is 60.7. The van der Waals surface area contributed by atoms with Crippen LogP contribution in [0.5, 0.6) is 0 Å². The zero-order valence-electron chi connectivity index (χ0n) is 46.9. The molecule has 6 aliphatic heterocycles. The molecule has 8 heterocycles. The number of halogens is 3. The topological polar surface area (TPSA) is 233 Å². The predicted molar refractivity (Wildman–Crippen MR) is 319 cm³/mol. The molecule has 12 rings (SSSR count). The van der Waals surface area contributed by atoms with Gasteiger partial charge < -0.3 is 39.4 Å². The minimum absolute atomic E-state index is 0.0310. The number of nitrogens with one attached hydrogen (secondary N) is 2. The predicted octanol–water partition coefficient (Wildman–Crippen LogP) is 6.85. The lowest BCUT2D eigenvalue weighted by molar-refractivity contribution is -0.137. The number of carbonyl (C=O) groups excluding carboxylic acids is 6. The number of urea groups is 2. The summed E-state index contributed by atoms with van der Waals surface area (Å²) in [7, 11) is 2.62. The molecule has 4 atom stereocenters. The maximum absolute atomic E-state index is 14.3. The van der Waals surface area contributed by atoms with Crippen molar-refractivity contribution < 1.29 is 56.5 Å². The van der Waals surface area contributed by atoms with Gasteiger partial charge in [0.2, 0.25) is 0 Å². The molecule has 2 N–H and O–H groups in total. The van der Waals surface area contributed by atoms with Crippen LogP contribution in [0.3, 0.4) is 0 Å². The number of fused-ring (bicyclic) bond motifs is 2. The van der Waals surface area contributed by atoms with Crippen LogP contribution in [0.1, 0.15) is 44.4 Å². The highest BCUT2D eigenvalue weighted by Gasteiger charge is 2.44. The van der Waals surface area contributed by atoms with Crippen molar-refractivity contribution in [3.05, 3.63) is 186 Å². The van der Waals surface area contributed by atoms with E-state index in [0.717, 1.165) is 34.6 Å². The Hall–Kier alpha value is -8.95. The molecule has 22 nitrogen and oxygen atoms in total. The highest BCUT2D eigenvalue weighted by Crippen LogP contribution is 2.38. The number of benzene rings is 4. The number of aromatic nitrogens is 2. The van der Waals surface area contributed by atoms with Crippen molar-refractivity contribution in [2.45, 2.75) is 37.4 Å². The number of anilines is 2. The van der Waals surface area contributed by atoms with E-state index in [2.05, 4.69) is 30.4 Å². The Morgan fingerprint density at radius 1 is 0.632 bits per heavy atom. The number of ether oxygens (including phenoxy) is 4. The van der Waals surface area contributed by atoms with E-state index in [1.807, 2.05) is 81.9 Å². The van der Waals surface area contributed by atoms with Crippen molar-refractivity contribution >= 4 is 94.3 Å². The Balaban J connectivity index is 0.000000180. The van der Waals surface area contributed by atoms with E-state index in [0.29, 0.717) is 133 Å². The highest BCUT2D eigenvalue weighted by atomic mass is 35.5. The highest BCUT2D eigenvalue weighted by molar-refractivity contribution is 7.12. The first-order chi connectivity index (χ1) is 42.3. The summed E-state index contributed by atoms with van der Waals surface area (Å²) >= 11 is 9.40. The van der Waals surface area contributed by atoms with E-state index >= 15 is 0 Å². The first-order valence-corrected chi connectivity index (χ1v) is 29.7. The Bertz CT molecular complexity index is 3690. The van der Waals surface area contributed by atoms with E-state index in [4.69, 9.17) is 40.5 Å². The van der Waals surface area contributed by atoms with Gasteiger partial charge in [0.05, 0.1) is 37.4 Å². The van der Waals surface area contributed by atoms with Gasteiger partial charge in [0.25, 0.3) is 12.9 Å². The molecule has 0 radical (unpaired) electrons. The second-order valence-electron chi connectivity index (χ2n) is 20.7. The third-order valence-electron chi connectivity index (χ3n) is 15.6. The maximum Gasteiger partial charge on any atom is 0.338 e. The van der Waals surface area contributed by atoms with Crippen LogP contribution in [0.2, 0.25) is 5.02 Å². The number of amidine groups is 2. The number of hydrogen-bond donors (Lipinski definition) is 2. The largest absolute Gasteiger partial charge is 0.466 e. The van der Waals surface area contributed by atoms with Gasteiger partial charge in [-0.05, 0) is 59.2 Å². The number of hydrogen-bond acceptors (Lipinski definition) is 20. The number of rotatable bonds is 18. The number of piperazine rings is 2. The summed E-state index contributed by atoms with van der Waals surface area (Å²) in [4.78, 5) is 104. The Labute approximate surface area is 510 Å². The molecule has 6 aliphatic rings. The van der Waals surface area contributed by atoms with E-state index in [-0.39, 0.29) is 42.9 Å². The van der Waals surface area contributed by atoms with Crippen molar-refractivity contribution in [2.75, 3.05) is 89.5 Å². The molecule has 0 saturated carbocycles. The van der Waals surface area contributed by atoms with Gasteiger partial charge in [0.1, 0.15) is 25.3 Å². The number of carbonyl (C=O) groups is 6. The summed E-state index contributed by atoms with van der Waals surface area (Å²) in [6.07, 6.45) is 3.34. The van der Waals surface area contributed by atoms with Crippen LogP contribution in [0.25, 0.3) is 0 Å². The van der Waals surface area contributed by atoms with Gasteiger partial charge >= 0.3 is 24.0 Å². The van der Waals surface area contributed by atoms with Crippen molar-refractivity contribution in [3.63, 3.8) is 0 Å². The number of aliphatic imine (C=N–C) groups is 2. The van der Waals surface area contributed by atoms with Crippen LogP contribution in [-0.2, 0) is 51.3 Å². The molecule has 4 fully saturated rings. The van der Waals surface area contributed by atoms with Gasteiger partial charge in [-0.2, -0.15) is 0 Å². The normalized spacial score (nSPS) is 20.3. The number of thiazole rings is 2. The molecule has 450 valence electrons. The standard InChI is InChI=1S/C30H29ClN6O5S.C30H28F2N6O5S/c1-41-29(39)25-24(33-27(28-32-10-13-43-28)34-26(25)22-4-2-3-5-23(22)31)16-35-11-12-36-21(14-35)15-37(30(36)40)20-8-6-19(7-9-20)17-42-18-38;1-42-29(40)25-24(34-27(28-33-8-11-44-28)35-26(25)19-4-7-22(31)23(32)12-19)15-36-9-10-37-21(13-36)14-38(30(37)41)20-5-2-18(3-6-20)16-43-17-39/h2-10,13,18,21,26H,11-12,14-17H2,1H3,(H,33,34);2-8,11-12,17,21,26H,9-10,13-16H2,1H3,(H,34,35)/t2*21-,26-/m00/s1. The molecule has 6 aromatic rings. The summed E-state index contributed by atoms with van der Waals surface area (Å²) in [6, 6.07) is 23.6. The smallest absolute Gasteiger partial charge is 0.338 e. The summed E-state index contributed by atoms with van der Waals surface area (Å²) in [6.45, 7) is 6.20. The van der Waals surface area contributed by atoms with E-state index in [1.54, 1.807) is 33.6 Å². The molecule has 0 bridgehead atoms. The van der Waals surface area contributed by atoms with Gasteiger partial charge in [-0.15, -0.1) is 22.7 Å². The molecule has 0 spiro atoms. The van der Waals surface area contributed by atoms with Gasteiger partial charge in [0, 0.05) is 122 Å². The van der Waals surface area contributed by atoms with Crippen LogP contribution in [0, 0.1) is 11.6 Å². The van der Waals surface area contributed by atoms with Crippen LogP contribution in [0.15, 0.2) is 147 Å². The third-order valence-corrected chi connectivity index (χ3v) is 17.5. The molecular weight excluding hydrogens is 1190 g/mol. The molecule has 4 aromatic carbocycles. The fraction of sp³-hybridized carbons (Fsp3) is 0.300. The average molecular weight is 1240 g/mol. The Morgan fingerprint density at radius 3 is 1.56 bits per heavy atom. The molecule has 87 heavy (non-hydrogen) atoms. The number of nitrogens with zero attached hydrogens (tertiary/aromatic N) is 10. The first-order valence-electron chi connectivity index (χ1n) is 27.5. The van der Waals surface area contributed by atoms with Gasteiger partial charge in [-0.25, -0.2) is 37.9 Å². The van der Waals surface area contributed by atoms with E-state index < -0.39 is 35.7 Å². The number of amides is 4. The fourth-order valence-corrected chi connectivity index (χ4v) is 12.8. The lowest BCUT2D eigenvalue weighted by Gasteiger charge is -2.38. The van der Waals surface area contributed by atoms with Crippen LogP contribution < -0.4 is 20.4 Å². The minimum atomic E-state index is -1.05. The van der Waals surface area contributed by atoms with E-state index in [9.17, 15) is 37.5 Å². The van der Waals surface area contributed by atoms with Gasteiger partial charge in [0.15, 0.2) is 33.3 Å². The van der Waals surface area contributed by atoms with Crippen LogP contribution >= 0.6 is 34.3 Å². The van der Waals surface area contributed by atoms with Crippen molar-refractivity contribution in [2.24, 2.45) is 9.98 Å². The molecule has 4 saturated heterocycles. The second-order valence-corrected chi connectivity index (χ2v) is 22.9. The summed E-state index contributed by atoms with van der Waals surface area (Å²) in [5, 5.41) is 12.1. The number of methoxy groups -OCH3 is 2. The Morgan fingerprint density at radius 2 is 1.11 bits per heavy atom. The summed E-state index contributed by atoms with van der Waals surface area (Å²) in [5.74, 6) is -2.22. The van der Waals surface area contributed by atoms with Crippen molar-refractivity contribution in [3.8, 4) is 0 Å². The molecule has 0 aliphatic carbocycles. The molecule has 0 unspecified atom stereocenters. The lowest BCUT2D eigenvalue weighted by Crippen LogP contribution is -2.53. The quantitative estimate of drug-likeness (QED) is 0.0509. The molecule has 4 amide bonds. The lowest BCUT2D eigenvalue weighted by atomic mass is 9.95. The van der Waals surface area contributed by atoms with Gasteiger partial charge in [-0.1, -0.05) is 60.1 Å². The molecule has 27 heteroatoms. The zero-order valence-corrected chi connectivity index (χ0v) is 49.3. The van der Waals surface area contributed by atoms with Crippen molar-refractivity contribution in [1.29, 1.82) is 0 Å². The minimum Gasteiger partial charge on any atom is -0.466 e.